The van der Waals surface area contributed by atoms with Crippen molar-refractivity contribution in [3.63, 3.8) is 0 Å². The Morgan fingerprint density at radius 1 is 0.812 bits per heavy atom. The third kappa shape index (κ3) is 1.39. The fourth-order valence-electron chi connectivity index (χ4n) is 1.85. The van der Waals surface area contributed by atoms with Crippen LogP contribution in [-0.2, 0) is 0 Å². The lowest BCUT2D eigenvalue weighted by Gasteiger charge is -2.03. The highest BCUT2D eigenvalue weighted by atomic mass is 15.1. The lowest BCUT2D eigenvalue weighted by molar-refractivity contribution is 1.28. The number of hydrogen-bond acceptors (Lipinski definition) is 1. The van der Waals surface area contributed by atoms with Gasteiger partial charge in [-0.05, 0) is 24.6 Å². The maximum absolute atomic E-state index is 4.53. The lowest BCUT2D eigenvalue weighted by Crippen LogP contribution is -2.09. The number of para-hydroxylation sites is 2. The molecule has 3 rings (SSSR count). The average molecular weight is 207 g/mol. The SMILES string of the molecule is Cc1ccccc1C1=Nc2ccccc2[N]1. The maximum Gasteiger partial charge on any atom is 0.160 e. The highest BCUT2D eigenvalue weighted by Crippen LogP contribution is 2.31. The van der Waals surface area contributed by atoms with E-state index in [2.05, 4.69) is 29.4 Å². The first-order valence-electron chi connectivity index (χ1n) is 5.30. The summed E-state index contributed by atoms with van der Waals surface area (Å²) in [6.07, 6.45) is 0. The van der Waals surface area contributed by atoms with Crippen LogP contribution in [0.5, 0.6) is 0 Å². The van der Waals surface area contributed by atoms with E-state index < -0.39 is 0 Å². The molecule has 2 aromatic rings. The summed E-state index contributed by atoms with van der Waals surface area (Å²) in [5.74, 6) is 0.819. The van der Waals surface area contributed by atoms with Gasteiger partial charge >= 0.3 is 0 Å². The summed E-state index contributed by atoms with van der Waals surface area (Å²) in [7, 11) is 0. The molecule has 0 saturated carbocycles. The molecule has 1 heterocycles. The number of aryl methyl sites for hydroxylation is 1. The van der Waals surface area contributed by atoms with Gasteiger partial charge in [-0.15, -0.1) is 0 Å². The molecule has 1 radical (unpaired) electrons. The van der Waals surface area contributed by atoms with E-state index in [1.54, 1.807) is 0 Å². The normalized spacial score (nSPS) is 12.9. The number of amidine groups is 1. The van der Waals surface area contributed by atoms with Crippen LogP contribution in [-0.4, -0.2) is 5.84 Å². The molecule has 0 amide bonds. The number of aliphatic imine (C=N–C) groups is 1. The fourth-order valence-corrected chi connectivity index (χ4v) is 1.85. The molecule has 0 fully saturated rings. The van der Waals surface area contributed by atoms with Gasteiger partial charge in [0.25, 0.3) is 0 Å². The van der Waals surface area contributed by atoms with Crippen molar-refractivity contribution in [2.24, 2.45) is 4.99 Å². The zero-order valence-corrected chi connectivity index (χ0v) is 9.01. The highest BCUT2D eigenvalue weighted by molar-refractivity contribution is 6.07. The second-order valence-electron chi connectivity index (χ2n) is 3.85. The van der Waals surface area contributed by atoms with Gasteiger partial charge in [0.2, 0.25) is 0 Å². The van der Waals surface area contributed by atoms with E-state index >= 15 is 0 Å². The monoisotopic (exact) mass is 207 g/mol. The number of rotatable bonds is 1. The molecular formula is C14H11N2. The predicted molar refractivity (Wildman–Crippen MR) is 65.6 cm³/mol. The molecule has 0 bridgehead atoms. The number of benzene rings is 2. The molecule has 2 aromatic carbocycles. The average Bonchev–Trinajstić information content (AvgIpc) is 2.73. The third-order valence-corrected chi connectivity index (χ3v) is 2.72. The molecule has 2 nitrogen and oxygen atoms in total. The predicted octanol–water partition coefficient (Wildman–Crippen LogP) is 3.32. The topological polar surface area (TPSA) is 26.5 Å². The number of nitrogens with zero attached hydrogens (tertiary/aromatic N) is 2. The van der Waals surface area contributed by atoms with Crippen molar-refractivity contribution in [3.8, 4) is 0 Å². The number of fused-ring (bicyclic) bond motifs is 1. The smallest absolute Gasteiger partial charge is 0.160 e. The molecule has 77 valence electrons. The van der Waals surface area contributed by atoms with Crippen molar-refractivity contribution in [3.05, 3.63) is 59.7 Å². The summed E-state index contributed by atoms with van der Waals surface area (Å²) in [6.45, 7) is 2.08. The van der Waals surface area contributed by atoms with Gasteiger partial charge < -0.3 is 0 Å². The Labute approximate surface area is 94.7 Å². The van der Waals surface area contributed by atoms with E-state index in [0.717, 1.165) is 22.8 Å². The van der Waals surface area contributed by atoms with Crippen molar-refractivity contribution in [2.45, 2.75) is 6.92 Å². The Kier molecular flexibility index (Phi) is 2.00. The van der Waals surface area contributed by atoms with Crippen molar-refractivity contribution >= 4 is 17.2 Å². The van der Waals surface area contributed by atoms with Crippen LogP contribution in [0.2, 0.25) is 0 Å². The van der Waals surface area contributed by atoms with Crippen molar-refractivity contribution in [1.82, 2.24) is 5.32 Å². The summed E-state index contributed by atoms with van der Waals surface area (Å²) in [4.78, 5) is 4.53. The van der Waals surface area contributed by atoms with Gasteiger partial charge in [0.15, 0.2) is 5.84 Å². The van der Waals surface area contributed by atoms with Crippen LogP contribution < -0.4 is 5.32 Å². The van der Waals surface area contributed by atoms with E-state index in [-0.39, 0.29) is 0 Å². The van der Waals surface area contributed by atoms with Crippen LogP contribution in [0.4, 0.5) is 11.4 Å². The zero-order chi connectivity index (χ0) is 11.0. The summed E-state index contributed by atoms with van der Waals surface area (Å²) in [5, 5.41) is 4.53. The van der Waals surface area contributed by atoms with Gasteiger partial charge in [-0.3, -0.25) is 0 Å². The summed E-state index contributed by atoms with van der Waals surface area (Å²) in [5.41, 5.74) is 4.23. The number of hydrogen-bond donors (Lipinski definition) is 0. The largest absolute Gasteiger partial charge is 0.226 e. The Bertz CT molecular complexity index is 570. The Morgan fingerprint density at radius 3 is 2.25 bits per heavy atom. The minimum Gasteiger partial charge on any atom is -0.226 e. The minimum atomic E-state index is 0.819. The Hall–Kier alpha value is -2.09. The Morgan fingerprint density at radius 2 is 1.50 bits per heavy atom. The molecule has 0 aromatic heterocycles. The zero-order valence-electron chi connectivity index (χ0n) is 9.01. The molecule has 1 aliphatic heterocycles. The summed E-state index contributed by atoms with van der Waals surface area (Å²) >= 11 is 0. The first-order chi connectivity index (χ1) is 7.84. The van der Waals surface area contributed by atoms with E-state index in [1.165, 1.54) is 5.56 Å². The molecule has 1 aliphatic rings. The first-order valence-corrected chi connectivity index (χ1v) is 5.30. The third-order valence-electron chi connectivity index (χ3n) is 2.72. The van der Waals surface area contributed by atoms with Crippen LogP contribution in [0.25, 0.3) is 0 Å². The van der Waals surface area contributed by atoms with Gasteiger partial charge in [0.05, 0.1) is 11.4 Å². The molecule has 0 spiro atoms. The van der Waals surface area contributed by atoms with Crippen LogP contribution >= 0.6 is 0 Å². The van der Waals surface area contributed by atoms with Gasteiger partial charge in [-0.1, -0.05) is 36.4 Å². The molecule has 0 atom stereocenters. The standard InChI is InChI=1S/C14H11N2/c1-10-6-2-3-7-11(10)14-15-12-8-4-5-9-13(12)16-14/h2-9H,1H3. The molecule has 0 N–H and O–H groups in total. The Balaban J connectivity index is 2.05. The van der Waals surface area contributed by atoms with Crippen LogP contribution in [0.1, 0.15) is 11.1 Å². The van der Waals surface area contributed by atoms with Gasteiger partial charge in [-0.2, -0.15) is 0 Å². The van der Waals surface area contributed by atoms with E-state index in [0.29, 0.717) is 0 Å². The van der Waals surface area contributed by atoms with Crippen molar-refractivity contribution < 1.29 is 0 Å². The van der Waals surface area contributed by atoms with Crippen molar-refractivity contribution in [1.29, 1.82) is 0 Å². The summed E-state index contributed by atoms with van der Waals surface area (Å²) < 4.78 is 0. The summed E-state index contributed by atoms with van der Waals surface area (Å²) in [6, 6.07) is 16.1. The first kappa shape index (κ1) is 9.16. The van der Waals surface area contributed by atoms with Gasteiger partial charge in [-0.25, -0.2) is 10.3 Å². The minimum absolute atomic E-state index is 0.819. The second kappa shape index (κ2) is 3.49. The van der Waals surface area contributed by atoms with E-state index in [4.69, 9.17) is 0 Å². The molecule has 0 saturated heterocycles. The molecular weight excluding hydrogens is 196 g/mol. The molecule has 16 heavy (non-hydrogen) atoms. The van der Waals surface area contributed by atoms with E-state index in [9.17, 15) is 0 Å². The second-order valence-corrected chi connectivity index (χ2v) is 3.85. The molecule has 0 aliphatic carbocycles. The molecule has 0 unspecified atom stereocenters. The van der Waals surface area contributed by atoms with Crippen molar-refractivity contribution in [2.75, 3.05) is 0 Å². The maximum atomic E-state index is 4.53. The van der Waals surface area contributed by atoms with Crippen LogP contribution in [0.15, 0.2) is 53.5 Å². The lowest BCUT2D eigenvalue weighted by atomic mass is 10.1. The van der Waals surface area contributed by atoms with E-state index in [1.807, 2.05) is 36.4 Å². The van der Waals surface area contributed by atoms with Crippen LogP contribution in [0, 0.1) is 6.92 Å². The van der Waals surface area contributed by atoms with Gasteiger partial charge in [0, 0.05) is 5.56 Å². The highest BCUT2D eigenvalue weighted by Gasteiger charge is 2.17. The fraction of sp³-hybridized carbons (Fsp3) is 0.0714. The quantitative estimate of drug-likeness (QED) is 0.685. The van der Waals surface area contributed by atoms with Gasteiger partial charge in [0.1, 0.15) is 0 Å². The van der Waals surface area contributed by atoms with Crippen LogP contribution in [0.3, 0.4) is 0 Å². The molecule has 2 heteroatoms.